The van der Waals surface area contributed by atoms with Crippen molar-refractivity contribution >= 4 is 55.0 Å². The minimum atomic E-state index is 0.224. The number of para-hydroxylation sites is 1. The molecule has 100 valence electrons. The Bertz CT molecular complexity index is 582. The average Bonchev–Trinajstić information content (AvgIpc) is 2.33. The lowest BCUT2D eigenvalue weighted by molar-refractivity contribution is 0.776. The molecule has 0 radical (unpaired) electrons. The Morgan fingerprint density at radius 3 is 2.37 bits per heavy atom. The van der Waals surface area contributed by atoms with Gasteiger partial charge in [0.15, 0.2) is 0 Å². The van der Waals surface area contributed by atoms with Gasteiger partial charge in [0.2, 0.25) is 0 Å². The van der Waals surface area contributed by atoms with E-state index in [-0.39, 0.29) is 5.92 Å². The molecule has 1 heterocycles. The van der Waals surface area contributed by atoms with Crippen LogP contribution in [0.5, 0.6) is 0 Å². The van der Waals surface area contributed by atoms with E-state index in [1.54, 1.807) is 6.07 Å². The average molecular weight is 406 g/mol. The predicted molar refractivity (Wildman–Crippen MR) is 86.3 cm³/mol. The van der Waals surface area contributed by atoms with Crippen molar-refractivity contribution in [2.24, 2.45) is 0 Å². The molecular formula is C13H12Br2ClN3. The molecule has 2 aromatic rings. The minimum absolute atomic E-state index is 0.224. The molecule has 2 rings (SSSR count). The quantitative estimate of drug-likeness (QED) is 0.683. The summed E-state index contributed by atoms with van der Waals surface area (Å²) in [7, 11) is 0. The third-order valence-corrected chi connectivity index (χ3v) is 3.96. The summed E-state index contributed by atoms with van der Waals surface area (Å²) in [6.07, 6.45) is 0. The summed E-state index contributed by atoms with van der Waals surface area (Å²) in [4.78, 5) is 8.67. The second-order valence-electron chi connectivity index (χ2n) is 4.31. The van der Waals surface area contributed by atoms with Crippen molar-refractivity contribution < 1.29 is 0 Å². The maximum atomic E-state index is 6.03. The van der Waals surface area contributed by atoms with Gasteiger partial charge in [0.1, 0.15) is 16.8 Å². The van der Waals surface area contributed by atoms with Crippen LogP contribution >= 0.6 is 43.5 Å². The number of rotatable bonds is 3. The van der Waals surface area contributed by atoms with Gasteiger partial charge in [-0.1, -0.05) is 31.5 Å². The highest BCUT2D eigenvalue weighted by atomic mass is 79.9. The molecule has 0 aliphatic carbocycles. The van der Waals surface area contributed by atoms with Gasteiger partial charge in [-0.2, -0.15) is 0 Å². The van der Waals surface area contributed by atoms with Crippen LogP contribution in [0.15, 0.2) is 33.2 Å². The Labute approximate surface area is 134 Å². The Morgan fingerprint density at radius 1 is 1.16 bits per heavy atom. The van der Waals surface area contributed by atoms with Crippen molar-refractivity contribution in [1.82, 2.24) is 9.97 Å². The summed E-state index contributed by atoms with van der Waals surface area (Å²) in [5, 5.41) is 3.68. The number of nitrogens with one attached hydrogen (secondary N) is 1. The SMILES string of the molecule is CC(C)c1nc(Cl)cc(Nc2c(Br)cccc2Br)n1. The third kappa shape index (κ3) is 3.68. The highest BCUT2D eigenvalue weighted by Gasteiger charge is 2.10. The van der Waals surface area contributed by atoms with Gasteiger partial charge in [0.25, 0.3) is 0 Å². The lowest BCUT2D eigenvalue weighted by atomic mass is 10.2. The number of hydrogen-bond donors (Lipinski definition) is 1. The van der Waals surface area contributed by atoms with Gasteiger partial charge in [-0.15, -0.1) is 0 Å². The summed E-state index contributed by atoms with van der Waals surface area (Å²) >= 11 is 13.0. The van der Waals surface area contributed by atoms with Crippen LogP contribution in [-0.2, 0) is 0 Å². The van der Waals surface area contributed by atoms with E-state index in [9.17, 15) is 0 Å². The van der Waals surface area contributed by atoms with Crippen molar-refractivity contribution in [1.29, 1.82) is 0 Å². The van der Waals surface area contributed by atoms with Gasteiger partial charge < -0.3 is 5.32 Å². The van der Waals surface area contributed by atoms with Crippen molar-refractivity contribution in [3.05, 3.63) is 44.2 Å². The molecule has 0 unspecified atom stereocenters. The summed E-state index contributed by atoms with van der Waals surface area (Å²) in [5.74, 6) is 1.62. The number of benzene rings is 1. The van der Waals surface area contributed by atoms with Crippen LogP contribution in [0.2, 0.25) is 5.15 Å². The van der Waals surface area contributed by atoms with Crippen LogP contribution in [0.25, 0.3) is 0 Å². The molecular weight excluding hydrogens is 393 g/mol. The monoisotopic (exact) mass is 403 g/mol. The molecule has 0 saturated heterocycles. The van der Waals surface area contributed by atoms with Crippen LogP contribution < -0.4 is 5.32 Å². The fourth-order valence-electron chi connectivity index (χ4n) is 1.50. The molecule has 3 nitrogen and oxygen atoms in total. The fourth-order valence-corrected chi connectivity index (χ4v) is 2.89. The maximum absolute atomic E-state index is 6.03. The predicted octanol–water partition coefficient (Wildman–Crippen LogP) is 5.52. The molecule has 1 aromatic heterocycles. The van der Waals surface area contributed by atoms with E-state index in [0.717, 1.165) is 20.5 Å². The molecule has 0 bridgehead atoms. The Kier molecular flexibility index (Phi) is 4.81. The normalized spacial score (nSPS) is 10.8. The highest BCUT2D eigenvalue weighted by molar-refractivity contribution is 9.11. The molecule has 0 fully saturated rings. The zero-order valence-corrected chi connectivity index (χ0v) is 14.3. The molecule has 6 heteroatoms. The summed E-state index contributed by atoms with van der Waals surface area (Å²) in [5.41, 5.74) is 0.909. The van der Waals surface area contributed by atoms with E-state index in [1.165, 1.54) is 0 Å². The number of anilines is 2. The van der Waals surface area contributed by atoms with E-state index in [1.807, 2.05) is 32.0 Å². The van der Waals surface area contributed by atoms with Gasteiger partial charge >= 0.3 is 0 Å². The summed E-state index contributed by atoms with van der Waals surface area (Å²) in [6.45, 7) is 4.06. The number of aromatic nitrogens is 2. The molecule has 0 spiro atoms. The van der Waals surface area contributed by atoms with E-state index >= 15 is 0 Å². The zero-order chi connectivity index (χ0) is 14.0. The van der Waals surface area contributed by atoms with Gasteiger partial charge in [-0.25, -0.2) is 9.97 Å². The van der Waals surface area contributed by atoms with Gasteiger partial charge in [0.05, 0.1) is 5.69 Å². The Hall–Kier alpha value is -0.650. The van der Waals surface area contributed by atoms with Crippen molar-refractivity contribution in [2.45, 2.75) is 19.8 Å². The standard InChI is InChI=1S/C13H12Br2ClN3/c1-7(2)13-17-10(16)6-11(19-13)18-12-8(14)4-3-5-9(12)15/h3-7H,1-2H3,(H,17,18,19). The topological polar surface area (TPSA) is 37.8 Å². The molecule has 19 heavy (non-hydrogen) atoms. The summed E-state index contributed by atoms with van der Waals surface area (Å²) in [6, 6.07) is 7.57. The second-order valence-corrected chi connectivity index (χ2v) is 6.41. The molecule has 0 aliphatic heterocycles. The molecule has 0 amide bonds. The van der Waals surface area contributed by atoms with Gasteiger partial charge in [-0.05, 0) is 44.0 Å². The smallest absolute Gasteiger partial charge is 0.135 e. The number of halogens is 3. The van der Waals surface area contributed by atoms with Crippen molar-refractivity contribution in [3.63, 3.8) is 0 Å². The maximum Gasteiger partial charge on any atom is 0.135 e. The Balaban J connectivity index is 2.38. The Morgan fingerprint density at radius 2 is 1.79 bits per heavy atom. The number of nitrogens with zero attached hydrogens (tertiary/aromatic N) is 2. The first-order chi connectivity index (χ1) is 8.97. The lowest BCUT2D eigenvalue weighted by Crippen LogP contribution is -2.02. The third-order valence-electron chi connectivity index (χ3n) is 2.44. The fraction of sp³-hybridized carbons (Fsp3) is 0.231. The molecule has 1 N–H and O–H groups in total. The molecule has 0 aliphatic rings. The van der Waals surface area contributed by atoms with Crippen LogP contribution in [0.4, 0.5) is 11.5 Å². The largest absolute Gasteiger partial charge is 0.338 e. The highest BCUT2D eigenvalue weighted by Crippen LogP contribution is 2.33. The summed E-state index contributed by atoms with van der Waals surface area (Å²) < 4.78 is 1.89. The molecule has 0 atom stereocenters. The molecule has 0 saturated carbocycles. The van der Waals surface area contributed by atoms with Crippen molar-refractivity contribution in [2.75, 3.05) is 5.32 Å². The first-order valence-electron chi connectivity index (χ1n) is 5.73. The first kappa shape index (κ1) is 14.8. The van der Waals surface area contributed by atoms with Gasteiger partial charge in [-0.3, -0.25) is 0 Å². The minimum Gasteiger partial charge on any atom is -0.338 e. The van der Waals surface area contributed by atoms with E-state index < -0.39 is 0 Å². The first-order valence-corrected chi connectivity index (χ1v) is 7.69. The molecule has 1 aromatic carbocycles. The number of hydrogen-bond acceptors (Lipinski definition) is 3. The van der Waals surface area contributed by atoms with E-state index in [2.05, 4.69) is 47.1 Å². The zero-order valence-electron chi connectivity index (χ0n) is 10.4. The second kappa shape index (κ2) is 6.20. The van der Waals surface area contributed by atoms with Crippen LogP contribution in [0, 0.1) is 0 Å². The lowest BCUT2D eigenvalue weighted by Gasteiger charge is -2.12. The van der Waals surface area contributed by atoms with Crippen LogP contribution in [-0.4, -0.2) is 9.97 Å². The van der Waals surface area contributed by atoms with Gasteiger partial charge in [0, 0.05) is 20.9 Å². The van der Waals surface area contributed by atoms with E-state index in [0.29, 0.717) is 11.0 Å². The van der Waals surface area contributed by atoms with Crippen molar-refractivity contribution in [3.8, 4) is 0 Å². The van der Waals surface area contributed by atoms with Crippen LogP contribution in [0.3, 0.4) is 0 Å². The van der Waals surface area contributed by atoms with Crippen LogP contribution in [0.1, 0.15) is 25.6 Å². The van der Waals surface area contributed by atoms with E-state index in [4.69, 9.17) is 11.6 Å².